The van der Waals surface area contributed by atoms with Gasteiger partial charge in [-0.05, 0) is 37.8 Å². The van der Waals surface area contributed by atoms with E-state index in [1.807, 2.05) is 26.0 Å². The molecule has 0 spiro atoms. The van der Waals surface area contributed by atoms with E-state index in [2.05, 4.69) is 0 Å². The zero-order valence-corrected chi connectivity index (χ0v) is 11.9. The second-order valence-electron chi connectivity index (χ2n) is 4.88. The van der Waals surface area contributed by atoms with Gasteiger partial charge >= 0.3 is 0 Å². The lowest BCUT2D eigenvalue weighted by Crippen LogP contribution is -2.34. The normalized spacial score (nSPS) is 16.2. The van der Waals surface area contributed by atoms with E-state index >= 15 is 0 Å². The Bertz CT molecular complexity index is 563. The molecule has 18 heavy (non-hydrogen) atoms. The second-order valence-corrected chi connectivity index (χ2v) is 6.71. The summed E-state index contributed by atoms with van der Waals surface area (Å²) in [5.41, 5.74) is 7.89. The van der Waals surface area contributed by atoms with E-state index in [9.17, 15) is 8.42 Å². The summed E-state index contributed by atoms with van der Waals surface area (Å²) in [5, 5.41) is 0. The Morgan fingerprint density at radius 1 is 1.28 bits per heavy atom. The van der Waals surface area contributed by atoms with Crippen LogP contribution in [-0.2, 0) is 10.0 Å². The predicted octanol–water partition coefficient (Wildman–Crippen LogP) is 2.06. The smallest absolute Gasteiger partial charge is 0.245 e. The lowest BCUT2D eigenvalue weighted by molar-refractivity contribution is 0.421. The maximum absolute atomic E-state index is 12.7. The van der Waals surface area contributed by atoms with Crippen LogP contribution in [0.25, 0.3) is 0 Å². The maximum Gasteiger partial charge on any atom is 0.245 e. The summed E-state index contributed by atoms with van der Waals surface area (Å²) in [6.45, 7) is 6.00. The third kappa shape index (κ3) is 2.12. The number of sulfonamides is 1. The topological polar surface area (TPSA) is 63.4 Å². The van der Waals surface area contributed by atoms with Crippen LogP contribution in [0.15, 0.2) is 17.0 Å². The van der Waals surface area contributed by atoms with Crippen molar-refractivity contribution >= 4 is 15.7 Å². The molecule has 100 valence electrons. The molecule has 0 unspecified atom stereocenters. The number of benzene rings is 1. The van der Waals surface area contributed by atoms with Gasteiger partial charge in [-0.15, -0.1) is 0 Å². The van der Waals surface area contributed by atoms with Gasteiger partial charge in [0.2, 0.25) is 10.0 Å². The van der Waals surface area contributed by atoms with Crippen LogP contribution in [0.5, 0.6) is 0 Å². The van der Waals surface area contributed by atoms with Crippen molar-refractivity contribution in [3.8, 4) is 0 Å². The molecule has 0 aromatic heterocycles. The highest BCUT2D eigenvalue weighted by Gasteiger charge is 2.38. The third-order valence-electron chi connectivity index (χ3n) is 3.44. The Kier molecular flexibility index (Phi) is 3.38. The van der Waals surface area contributed by atoms with Crippen molar-refractivity contribution in [2.24, 2.45) is 0 Å². The molecule has 0 radical (unpaired) electrons. The molecule has 1 aliphatic rings. The molecule has 1 aromatic carbocycles. The first-order valence-corrected chi connectivity index (χ1v) is 7.71. The zero-order chi connectivity index (χ0) is 13.5. The first-order valence-electron chi connectivity index (χ1n) is 6.27. The van der Waals surface area contributed by atoms with E-state index in [0.29, 0.717) is 12.2 Å². The van der Waals surface area contributed by atoms with Crippen LogP contribution in [-0.4, -0.2) is 25.3 Å². The molecule has 2 rings (SSSR count). The predicted molar refractivity (Wildman–Crippen MR) is 72.9 cm³/mol. The molecule has 0 saturated heterocycles. The van der Waals surface area contributed by atoms with Crippen LogP contribution in [0.1, 0.15) is 30.9 Å². The molecule has 4 nitrogen and oxygen atoms in total. The average molecular weight is 268 g/mol. The highest BCUT2D eigenvalue weighted by molar-refractivity contribution is 7.89. The monoisotopic (exact) mass is 268 g/mol. The number of hydrogen-bond donors (Lipinski definition) is 1. The number of aryl methyl sites for hydroxylation is 2. The fourth-order valence-electron chi connectivity index (χ4n) is 2.25. The lowest BCUT2D eigenvalue weighted by atomic mass is 10.1. The number of anilines is 1. The first-order chi connectivity index (χ1) is 8.39. The number of nitrogens with zero attached hydrogens (tertiary/aromatic N) is 1. The van der Waals surface area contributed by atoms with Crippen molar-refractivity contribution in [1.82, 2.24) is 4.31 Å². The Morgan fingerprint density at radius 3 is 2.33 bits per heavy atom. The zero-order valence-electron chi connectivity index (χ0n) is 11.1. The largest absolute Gasteiger partial charge is 0.397 e. The number of rotatable bonds is 4. The minimum Gasteiger partial charge on any atom is -0.397 e. The fraction of sp³-hybridized carbons (Fsp3) is 0.538. The van der Waals surface area contributed by atoms with Gasteiger partial charge in [-0.3, -0.25) is 0 Å². The molecule has 1 aromatic rings. The number of hydrogen-bond acceptors (Lipinski definition) is 3. The SMILES string of the molecule is CCN(C1CC1)S(=O)(=O)c1c(C)ccc(C)c1N. The molecular formula is C13H20N2O2S. The Morgan fingerprint density at radius 2 is 1.83 bits per heavy atom. The highest BCUT2D eigenvalue weighted by atomic mass is 32.2. The minimum absolute atomic E-state index is 0.166. The molecule has 1 fully saturated rings. The van der Waals surface area contributed by atoms with E-state index in [-0.39, 0.29) is 10.9 Å². The van der Waals surface area contributed by atoms with Crippen molar-refractivity contribution in [2.75, 3.05) is 12.3 Å². The molecule has 2 N–H and O–H groups in total. The van der Waals surface area contributed by atoms with Gasteiger partial charge in [-0.1, -0.05) is 19.1 Å². The standard InChI is InChI=1S/C13H20N2O2S/c1-4-15(11-7-8-11)18(16,17)13-10(3)6-5-9(2)12(13)14/h5-6,11H,4,7-8,14H2,1-3H3. The lowest BCUT2D eigenvalue weighted by Gasteiger charge is -2.22. The van der Waals surface area contributed by atoms with Gasteiger partial charge in [0.1, 0.15) is 4.90 Å². The molecule has 0 heterocycles. The third-order valence-corrected chi connectivity index (χ3v) is 5.68. The van der Waals surface area contributed by atoms with Crippen LogP contribution in [0, 0.1) is 13.8 Å². The van der Waals surface area contributed by atoms with E-state index in [4.69, 9.17) is 5.73 Å². The van der Waals surface area contributed by atoms with Gasteiger partial charge in [-0.25, -0.2) is 8.42 Å². The highest BCUT2D eigenvalue weighted by Crippen LogP contribution is 2.35. The van der Waals surface area contributed by atoms with Crippen LogP contribution < -0.4 is 5.73 Å². The Labute approximate surface area is 109 Å². The van der Waals surface area contributed by atoms with Crippen molar-refractivity contribution in [3.05, 3.63) is 23.3 Å². The number of nitrogens with two attached hydrogens (primary N) is 1. The van der Waals surface area contributed by atoms with E-state index in [1.165, 1.54) is 0 Å². The molecule has 0 aliphatic heterocycles. The number of nitrogen functional groups attached to an aromatic ring is 1. The Balaban J connectivity index is 2.56. The van der Waals surface area contributed by atoms with Crippen LogP contribution >= 0.6 is 0 Å². The van der Waals surface area contributed by atoms with Gasteiger partial charge < -0.3 is 5.73 Å². The maximum atomic E-state index is 12.7. The summed E-state index contributed by atoms with van der Waals surface area (Å²) in [5.74, 6) is 0. The van der Waals surface area contributed by atoms with Crippen molar-refractivity contribution in [3.63, 3.8) is 0 Å². The molecule has 1 aliphatic carbocycles. The molecule has 5 heteroatoms. The van der Waals surface area contributed by atoms with Crippen LogP contribution in [0.2, 0.25) is 0 Å². The molecular weight excluding hydrogens is 248 g/mol. The van der Waals surface area contributed by atoms with E-state index < -0.39 is 10.0 Å². The molecule has 0 atom stereocenters. The summed E-state index contributed by atoms with van der Waals surface area (Å²) in [4.78, 5) is 0.288. The minimum atomic E-state index is -3.46. The molecule has 0 amide bonds. The average Bonchev–Trinajstić information content (AvgIpc) is 3.08. The van der Waals surface area contributed by atoms with Gasteiger partial charge in [0.15, 0.2) is 0 Å². The van der Waals surface area contributed by atoms with Gasteiger partial charge in [0, 0.05) is 12.6 Å². The van der Waals surface area contributed by atoms with Crippen molar-refractivity contribution in [1.29, 1.82) is 0 Å². The summed E-state index contributed by atoms with van der Waals surface area (Å²) in [7, 11) is -3.46. The van der Waals surface area contributed by atoms with Crippen molar-refractivity contribution < 1.29 is 8.42 Å². The summed E-state index contributed by atoms with van der Waals surface area (Å²) >= 11 is 0. The van der Waals surface area contributed by atoms with E-state index in [1.54, 1.807) is 11.2 Å². The van der Waals surface area contributed by atoms with Gasteiger partial charge in [-0.2, -0.15) is 4.31 Å². The van der Waals surface area contributed by atoms with Gasteiger partial charge in [0.25, 0.3) is 0 Å². The van der Waals surface area contributed by atoms with Crippen molar-refractivity contribution in [2.45, 2.75) is 44.6 Å². The first kappa shape index (κ1) is 13.4. The second kappa shape index (κ2) is 4.55. The van der Waals surface area contributed by atoms with Gasteiger partial charge in [0.05, 0.1) is 5.69 Å². The summed E-state index contributed by atoms with van der Waals surface area (Å²) < 4.78 is 26.9. The summed E-state index contributed by atoms with van der Waals surface area (Å²) in [6, 6.07) is 3.84. The Hall–Kier alpha value is -1.07. The quantitative estimate of drug-likeness (QED) is 0.850. The molecule has 1 saturated carbocycles. The fourth-order valence-corrected chi connectivity index (χ4v) is 4.35. The van der Waals surface area contributed by atoms with Crippen LogP contribution in [0.3, 0.4) is 0 Å². The van der Waals surface area contributed by atoms with E-state index in [0.717, 1.165) is 24.0 Å². The van der Waals surface area contributed by atoms with Crippen LogP contribution in [0.4, 0.5) is 5.69 Å². The molecule has 0 bridgehead atoms. The summed E-state index contributed by atoms with van der Waals surface area (Å²) in [6.07, 6.45) is 1.91.